The van der Waals surface area contributed by atoms with Gasteiger partial charge in [0.25, 0.3) is 0 Å². The van der Waals surface area contributed by atoms with Crippen molar-refractivity contribution < 1.29 is 178 Å². The summed E-state index contributed by atoms with van der Waals surface area (Å²) in [5, 5.41) is 0. The fourth-order valence-electron chi connectivity index (χ4n) is 0. The molecule has 0 unspecified atom stereocenters. The molecule has 0 saturated heterocycles. The maximum absolute atomic E-state index is 8.49. The third-order valence-electron chi connectivity index (χ3n) is 0. The van der Waals surface area contributed by atoms with Crippen molar-refractivity contribution in [2.24, 2.45) is 0 Å². The van der Waals surface area contributed by atoms with E-state index in [0.717, 1.165) is 0 Å². The summed E-state index contributed by atoms with van der Waals surface area (Å²) in [6.07, 6.45) is 0. The van der Waals surface area contributed by atoms with E-state index in [-0.39, 0.29) is 157 Å². The molecule has 0 aliphatic rings. The zero-order valence-corrected chi connectivity index (χ0v) is 22.7. The molecule has 20 heavy (non-hydrogen) atoms. The first-order valence-corrected chi connectivity index (χ1v) is 3.70. The van der Waals surface area contributed by atoms with Crippen LogP contribution in [0.1, 0.15) is 0 Å². The Morgan fingerprint density at radius 1 is 0.400 bits per heavy atom. The molecule has 20 heteroatoms. The predicted molar refractivity (Wildman–Crippen MR) is 30.1 cm³/mol. The smallest absolute Gasteiger partial charge is 1.00 e. The molecule has 0 atom stereocenters. The molecule has 0 saturated carbocycles. The second-order valence-corrected chi connectivity index (χ2v) is 2.27. The van der Waals surface area contributed by atoms with Crippen LogP contribution in [0.2, 0.25) is 0 Å². The van der Waals surface area contributed by atoms with Crippen molar-refractivity contribution in [3.63, 3.8) is 0 Å². The largest absolute Gasteiger partial charge is 3.00 e. The standard InChI is InChI=1S/2BrH.2ClHO4.Cr.Cs.6H3N/c;;2*2-1(3,4)5;;;;;;;;/h2*1H;2*(H,2,3,4,5);;;6*1H3/q;;;;+3;+1;;;;;;/p-4. The number of rotatable bonds is 0. The molecule has 18 N–H and O–H groups in total. The Hall–Kier alpha value is 3.56. The van der Waals surface area contributed by atoms with Gasteiger partial charge in [0.1, 0.15) is 0 Å². The number of halogens is 4. The molecule has 0 heterocycles. The maximum Gasteiger partial charge on any atom is 3.00 e. The Bertz CT molecular complexity index is 85.9. The summed E-state index contributed by atoms with van der Waals surface area (Å²) in [5.41, 5.74) is 0. The van der Waals surface area contributed by atoms with Crippen molar-refractivity contribution in [3.05, 3.63) is 0 Å². The molecule has 0 aromatic carbocycles. The van der Waals surface area contributed by atoms with E-state index in [1.54, 1.807) is 0 Å². The molecular formula is H18Br2Cl2CrCsN6O8. The second-order valence-electron chi connectivity index (χ2n) is 0.756. The Balaban J connectivity index is -0.00000000427. The van der Waals surface area contributed by atoms with Gasteiger partial charge in [-0.15, -0.1) is 20.5 Å². The Morgan fingerprint density at radius 2 is 0.400 bits per heavy atom. The molecule has 131 valence electrons. The minimum atomic E-state index is -4.94. The van der Waals surface area contributed by atoms with Crippen molar-refractivity contribution in [3.8, 4) is 0 Å². The van der Waals surface area contributed by atoms with Crippen LogP contribution in [0, 0.1) is 20.5 Å². The van der Waals surface area contributed by atoms with E-state index in [1.165, 1.54) is 0 Å². The van der Waals surface area contributed by atoms with Crippen LogP contribution >= 0.6 is 0 Å². The van der Waals surface area contributed by atoms with Crippen LogP contribution in [0.3, 0.4) is 0 Å². The van der Waals surface area contributed by atoms with Gasteiger partial charge in [0.2, 0.25) is 0 Å². The topological polar surface area (TPSA) is 394 Å². The van der Waals surface area contributed by atoms with Gasteiger partial charge in [-0.05, 0) is 0 Å². The average Bonchev–Trinajstić information content (AvgIpc) is 1.12. The summed E-state index contributed by atoms with van der Waals surface area (Å²) in [6.45, 7) is 0. The van der Waals surface area contributed by atoms with Crippen LogP contribution in [0.15, 0.2) is 0 Å². The molecule has 0 amide bonds. The van der Waals surface area contributed by atoms with Crippen LogP contribution in [0.5, 0.6) is 0 Å². The van der Waals surface area contributed by atoms with Gasteiger partial charge in [0.15, 0.2) is 0 Å². The predicted octanol–water partition coefficient (Wildman–Crippen LogP) is -17.5. The minimum absolute atomic E-state index is 0. The summed E-state index contributed by atoms with van der Waals surface area (Å²) in [6, 6.07) is 0. The maximum atomic E-state index is 8.49. The van der Waals surface area contributed by atoms with Crippen LogP contribution < -0.4 is 177 Å². The molecule has 0 rings (SSSR count). The van der Waals surface area contributed by atoms with E-state index in [1.807, 2.05) is 0 Å². The number of hydrogen-bond donors (Lipinski definition) is 6. The van der Waals surface area contributed by atoms with Crippen LogP contribution in [-0.4, -0.2) is 0 Å². The van der Waals surface area contributed by atoms with E-state index in [9.17, 15) is 0 Å². The summed E-state index contributed by atoms with van der Waals surface area (Å²) < 4.78 is 67.9. The van der Waals surface area contributed by atoms with Crippen LogP contribution in [-0.2, 0) is 17.4 Å². The molecule has 0 fully saturated rings. The molecule has 0 aliphatic carbocycles. The van der Waals surface area contributed by atoms with E-state index in [4.69, 9.17) is 37.3 Å². The van der Waals surface area contributed by atoms with E-state index in [2.05, 4.69) is 0 Å². The summed E-state index contributed by atoms with van der Waals surface area (Å²) in [5.74, 6) is 0. The van der Waals surface area contributed by atoms with Gasteiger partial charge in [-0.1, -0.05) is 0 Å². The molecular weight excluding hydrogens is 628 g/mol. The van der Waals surface area contributed by atoms with Gasteiger partial charge in [-0.2, -0.15) is 0 Å². The Morgan fingerprint density at radius 3 is 0.400 bits per heavy atom. The van der Waals surface area contributed by atoms with Gasteiger partial charge in [-0.3, -0.25) is 0 Å². The second kappa shape index (κ2) is 43.3. The first kappa shape index (κ1) is 89.7. The first-order valence-electron chi connectivity index (χ1n) is 1.23. The molecule has 0 aromatic heterocycles. The normalized spacial score (nSPS) is 6.00. The molecule has 0 aromatic rings. The average molecular weight is 646 g/mol. The van der Waals surface area contributed by atoms with Gasteiger partial charge in [0.05, 0.1) is 0 Å². The van der Waals surface area contributed by atoms with Crippen molar-refractivity contribution in [2.75, 3.05) is 0 Å². The van der Waals surface area contributed by atoms with Gasteiger partial charge in [-0.25, -0.2) is 37.3 Å². The Labute approximate surface area is 211 Å². The fourth-order valence-corrected chi connectivity index (χ4v) is 0. The SMILES string of the molecule is N.N.N.N.N.N.[Br-].[Br-].[Cr+3].[Cs+].[O-][Cl+3]([O-])([O-])[O-].[O-][Cl+3]([O-])([O-])[O-]. The fraction of sp³-hybridized carbons (Fsp3) is 0. The zero-order chi connectivity index (χ0) is 9.00. The summed E-state index contributed by atoms with van der Waals surface area (Å²) in [4.78, 5) is 0. The third kappa shape index (κ3) is 718. The quantitative estimate of drug-likeness (QED) is 0.142. The summed E-state index contributed by atoms with van der Waals surface area (Å²) in [7, 11) is -9.89. The van der Waals surface area contributed by atoms with Crippen molar-refractivity contribution in [1.82, 2.24) is 36.9 Å². The van der Waals surface area contributed by atoms with Gasteiger partial charge >= 0.3 is 86.3 Å². The third-order valence-corrected chi connectivity index (χ3v) is 0. The number of hydrogen-bond acceptors (Lipinski definition) is 14. The zero-order valence-electron chi connectivity index (χ0n) is 10.4. The van der Waals surface area contributed by atoms with Crippen molar-refractivity contribution in [2.45, 2.75) is 0 Å². The van der Waals surface area contributed by atoms with Gasteiger partial charge in [0, 0.05) is 0 Å². The van der Waals surface area contributed by atoms with E-state index >= 15 is 0 Å². The molecule has 0 aliphatic heterocycles. The van der Waals surface area contributed by atoms with Crippen LogP contribution in [0.25, 0.3) is 0 Å². The van der Waals surface area contributed by atoms with Crippen molar-refractivity contribution >= 4 is 0 Å². The van der Waals surface area contributed by atoms with Crippen LogP contribution in [0.4, 0.5) is 0 Å². The van der Waals surface area contributed by atoms with E-state index < -0.39 is 20.5 Å². The van der Waals surface area contributed by atoms with Crippen molar-refractivity contribution in [1.29, 1.82) is 0 Å². The summed E-state index contributed by atoms with van der Waals surface area (Å²) >= 11 is 0. The molecule has 1 radical (unpaired) electrons. The molecule has 14 nitrogen and oxygen atoms in total. The van der Waals surface area contributed by atoms with E-state index in [0.29, 0.717) is 0 Å². The van der Waals surface area contributed by atoms with Gasteiger partial charge < -0.3 is 70.9 Å². The first-order chi connectivity index (χ1) is 4.00. The molecule has 0 spiro atoms. The molecule has 0 bridgehead atoms. The minimum Gasteiger partial charge on any atom is -1.00 e. The monoisotopic (exact) mass is 643 g/mol. The Kier molecular flexibility index (Phi) is 194.